The minimum absolute atomic E-state index is 0. The van der Waals surface area contributed by atoms with Crippen molar-refractivity contribution in [1.82, 2.24) is 0 Å². The number of amides is 1. The van der Waals surface area contributed by atoms with Crippen LogP contribution < -0.4 is 301 Å². The Hall–Kier alpha value is 7.44. The van der Waals surface area contributed by atoms with Crippen molar-refractivity contribution in [2.24, 2.45) is 0 Å². The largest absolute Gasteiger partial charge is 1.00 e. The molecule has 1 N–H and O–H groups in total. The molecule has 1 aromatic carbocycles. The van der Waals surface area contributed by atoms with Crippen molar-refractivity contribution in [1.29, 1.82) is 0 Å². The summed E-state index contributed by atoms with van der Waals surface area (Å²) in [4.78, 5) is 11.7. The first kappa shape index (κ1) is 117. The molecule has 0 aliphatic carbocycles. The van der Waals surface area contributed by atoms with Crippen molar-refractivity contribution >= 4 is 127 Å². The molecule has 0 radical (unpaired) electrons. The first-order valence-electron chi connectivity index (χ1n) is 20.8. The van der Waals surface area contributed by atoms with Crippen LogP contribution in [0.1, 0.15) is 12.5 Å². The Morgan fingerprint density at radius 2 is 0.635 bits per heavy atom. The third-order valence-electron chi connectivity index (χ3n) is 9.84. The molecule has 0 saturated carbocycles. The van der Waals surface area contributed by atoms with E-state index in [1.165, 1.54) is 0 Å². The van der Waals surface area contributed by atoms with Gasteiger partial charge >= 0.3 is 296 Å². The molecule has 4 rings (SSSR count). The van der Waals surface area contributed by atoms with Gasteiger partial charge in [-0.1, -0.05) is 17.7 Å². The number of carbonyl (C=O) groups is 1. The fourth-order valence-electron chi connectivity index (χ4n) is 7.31. The second-order valence-corrected chi connectivity index (χ2v) is 26.6. The van der Waals surface area contributed by atoms with Crippen LogP contribution in [0.4, 0.5) is 5.69 Å². The number of carbonyl (C=O) groups excluding carboxylic acids is 1. The van der Waals surface area contributed by atoms with E-state index in [1.807, 2.05) is 0 Å². The summed E-state index contributed by atoms with van der Waals surface area (Å²) in [5, 5.41) is 2.04. The molecule has 1 amide bonds. The van der Waals surface area contributed by atoms with Crippen molar-refractivity contribution in [2.45, 2.75) is 106 Å². The maximum absolute atomic E-state index is 12.5. The van der Waals surface area contributed by atoms with E-state index in [2.05, 4.69) is 47.1 Å². The number of rotatable bonds is 31. The quantitative estimate of drug-likeness (QED) is 0.0410. The van der Waals surface area contributed by atoms with Crippen molar-refractivity contribution in [2.75, 3.05) is 25.1 Å². The van der Waals surface area contributed by atoms with Crippen LogP contribution in [-0.4, -0.2) is 248 Å². The van der Waals surface area contributed by atoms with Crippen molar-refractivity contribution in [3.8, 4) is 0 Å². The van der Waals surface area contributed by atoms with Gasteiger partial charge in [-0.25, -0.2) is 84.2 Å². The normalized spacial score (nSPS) is 26.6. The van der Waals surface area contributed by atoms with Gasteiger partial charge in [-0.3, -0.25) is 46.6 Å². The molecule has 0 spiro atoms. The van der Waals surface area contributed by atoms with Gasteiger partial charge in [-0.15, -0.1) is 0 Å². The van der Waals surface area contributed by atoms with E-state index in [1.54, 1.807) is 0 Å². The van der Waals surface area contributed by atoms with Gasteiger partial charge in [0, 0.05) is 6.92 Å². The number of halogens is 1. The smallest absolute Gasteiger partial charge is 0.726 e. The fourth-order valence-corrected chi connectivity index (χ4v) is 11.8. The van der Waals surface area contributed by atoms with Crippen LogP contribution in [0.3, 0.4) is 0 Å². The molecule has 0 aromatic heterocycles. The number of nitrogens with one attached hydrogen (secondary N) is 1. The molecule has 3 aliphatic heterocycles. The summed E-state index contributed by atoms with van der Waals surface area (Å²) < 4.78 is 433. The molecule has 3 saturated heterocycles. The van der Waals surface area contributed by atoms with E-state index in [9.17, 15) is 135 Å². The number of benzene rings is 1. The summed E-state index contributed by atoms with van der Waals surface area (Å²) in [6.07, 6.45) is -52.8. The number of ether oxygens (including phenoxy) is 6. The summed E-state index contributed by atoms with van der Waals surface area (Å²) in [6.45, 7) is -6.80. The average molecular weight is 1710 g/mol. The van der Waals surface area contributed by atoms with Crippen molar-refractivity contribution < 1.29 is 500 Å². The number of hydrogen-bond acceptors (Lipinski definition) is 47. The van der Waals surface area contributed by atoms with Gasteiger partial charge in [0.25, 0.3) is 0 Å². The van der Waals surface area contributed by atoms with Crippen LogP contribution in [0.5, 0.6) is 0 Å². The molecule has 3 fully saturated rings. The predicted molar refractivity (Wildman–Crippen MR) is 235 cm³/mol. The van der Waals surface area contributed by atoms with Crippen LogP contribution in [0.15, 0.2) is 18.2 Å². The third kappa shape index (κ3) is 45.2. The van der Waals surface area contributed by atoms with Crippen molar-refractivity contribution in [3.63, 3.8) is 0 Å². The monoisotopic (exact) mass is 1700 g/mol. The van der Waals surface area contributed by atoms with Gasteiger partial charge in [0.15, 0.2) is 37.2 Å². The Balaban J connectivity index is -0.00000158. The zero-order chi connectivity index (χ0) is 65.9. The van der Waals surface area contributed by atoms with Gasteiger partial charge in [0.05, 0.1) is 37.1 Å². The zero-order valence-electron chi connectivity index (χ0n) is 50.4. The van der Waals surface area contributed by atoms with E-state index in [-0.39, 0.29) is 312 Å². The second-order valence-electron chi connectivity index (χ2n) is 16.0. The second kappa shape index (κ2) is 47.8. The Bertz CT molecular complexity index is 3820. The topological polar surface area (TPSA) is 749 Å². The fraction of sp³-hybridized carbons (Fsp3) is 0.741. The Morgan fingerprint density at radius 1 is 0.385 bits per heavy atom. The first-order chi connectivity index (χ1) is 38.5. The molecule has 502 valence electrons. The van der Waals surface area contributed by atoms with Gasteiger partial charge in [-0.05, 0) is 17.7 Å². The standard InChI is InChI=1S/C27H40ClNO47S10.10Na/c1-9(30)29-12-4-10(2-3-11(12)28)5-61-25-22(74-84(52,53)54)19(71-81(43,44)45)16(13(65-25)6-62-77(31,32)33)68-26-23(75-85(55,56)57)20(72-82(46,47)48)17(14(66-26)7-63-78(34,35)36)69-27-24(76-86(58,59)60)21(73-83(49,50)51)18(70-80(40,41)42)15(67-27)8-64-79(37,38)39;;;;;;;;;;/h2-4,13-27H,5-8H2,1H3,(H,29,30)(H,31,32,33)(H,34,35,36)(H,37,38,39)(H,40,41,42)(H,43,44,45)(H,46,47,48)(H,49,50,51)(H,52,53,54)(H,55,56,57)(H,58,59,60);;;;;;;;;;/q;10*+1/p-10/t13-,14-,15-,16-,17-,18-,19+,20+,21+,22-,23-,24-,25-,26+,27+;;;;;;;;;;/m1........../s1. The SMILES string of the molecule is CC(=O)Nc1cc(CO[C@@H]2O[C@H](COS(=O)(=O)[O-])[C@@H](O[C@@H]3O[C@H](COS(=O)(=O)[O-])[C@@H](O[C@@H]4O[C@H](COS(=O)(=O)[O-])[C@@H](OS(=O)(=O)[O-])[C@H](OS(=O)(=O)[O-])[C@H]4OS(=O)(=O)[O-])[C@H](OS(=O)(=O)[O-])[C@H]3OS(=O)(=O)[O-])[C@H](OS(=O)(=O)[O-])[C@H]2OS(=O)(=O)[O-])ccc1Cl.[Na+].[Na+].[Na+].[Na+].[Na+].[Na+].[Na+].[Na+].[Na+].[Na+]. The molecule has 15 atom stereocenters. The molecule has 69 heteroatoms. The molecular formula is C27H30ClNNa10O47S10. The minimum atomic E-state index is -6.90. The third-order valence-corrected chi connectivity index (χ3v) is 14.7. The maximum atomic E-state index is 12.5. The Labute approximate surface area is 772 Å². The van der Waals surface area contributed by atoms with Crippen LogP contribution >= 0.6 is 11.6 Å². The molecular weight excluding hydrogens is 1680 g/mol. The van der Waals surface area contributed by atoms with Crippen LogP contribution in [-0.2, 0) is 186 Å². The van der Waals surface area contributed by atoms with Gasteiger partial charge in [0.1, 0.15) is 54.9 Å². The summed E-state index contributed by atoms with van der Waals surface area (Å²) in [5.74, 6) is -0.765. The maximum Gasteiger partial charge on any atom is 1.00 e. The number of hydrogen-bond donors (Lipinski definition) is 1. The summed E-state index contributed by atoms with van der Waals surface area (Å²) >= 11 is 6.02. The number of anilines is 1. The average Bonchev–Trinajstić information content (AvgIpc) is 0.761. The molecule has 1 aromatic rings. The Kier molecular flexibility index (Phi) is 58.2. The molecule has 96 heavy (non-hydrogen) atoms. The van der Waals surface area contributed by atoms with E-state index in [0.717, 1.165) is 25.1 Å². The summed E-state index contributed by atoms with van der Waals surface area (Å²) in [5.41, 5.74) is -0.426. The van der Waals surface area contributed by atoms with E-state index >= 15 is 0 Å². The molecule has 3 aliphatic rings. The van der Waals surface area contributed by atoms with Crippen LogP contribution in [0.2, 0.25) is 5.02 Å². The summed E-state index contributed by atoms with van der Waals surface area (Å²) in [6, 6.07) is 3.08. The van der Waals surface area contributed by atoms with Crippen LogP contribution in [0, 0.1) is 0 Å². The first-order valence-corrected chi connectivity index (χ1v) is 34.5. The zero-order valence-corrected chi connectivity index (χ0v) is 79.3. The predicted octanol–water partition coefficient (Wildman–Crippen LogP) is -39.9. The molecule has 3 heterocycles. The van der Waals surface area contributed by atoms with E-state index in [4.69, 9.17) is 40.0 Å². The van der Waals surface area contributed by atoms with E-state index in [0.29, 0.717) is 0 Å². The van der Waals surface area contributed by atoms with E-state index < -0.39 is 228 Å². The van der Waals surface area contributed by atoms with Gasteiger partial charge < -0.3 is 79.3 Å². The molecule has 0 unspecified atom stereocenters. The minimum Gasteiger partial charge on any atom is -0.726 e. The summed E-state index contributed by atoms with van der Waals surface area (Å²) in [7, 11) is -65.7. The van der Waals surface area contributed by atoms with Gasteiger partial charge in [0.2, 0.25) is 110 Å². The van der Waals surface area contributed by atoms with Crippen molar-refractivity contribution in [3.05, 3.63) is 28.8 Å². The Morgan fingerprint density at radius 3 is 0.917 bits per heavy atom. The molecule has 0 bridgehead atoms. The van der Waals surface area contributed by atoms with Gasteiger partial charge in [-0.2, -0.15) is 0 Å². The van der Waals surface area contributed by atoms with Crippen LogP contribution in [0.25, 0.3) is 0 Å². The molecule has 48 nitrogen and oxygen atoms in total.